The van der Waals surface area contributed by atoms with Crippen LogP contribution in [0.2, 0.25) is 0 Å². The first-order valence-corrected chi connectivity index (χ1v) is 9.63. The number of rotatable bonds is 7. The van der Waals surface area contributed by atoms with Gasteiger partial charge < -0.3 is 4.74 Å². The van der Waals surface area contributed by atoms with E-state index in [9.17, 15) is 4.79 Å². The van der Waals surface area contributed by atoms with Gasteiger partial charge in [-0.2, -0.15) is 0 Å². The monoisotopic (exact) mass is 365 g/mol. The van der Waals surface area contributed by atoms with E-state index in [1.54, 1.807) is 11.8 Å². The lowest BCUT2D eigenvalue weighted by Gasteiger charge is -2.18. The summed E-state index contributed by atoms with van der Waals surface area (Å²) >= 11 is 3.01. The van der Waals surface area contributed by atoms with Gasteiger partial charge in [-0.3, -0.25) is 10.1 Å². The number of aromatic nitrogens is 2. The lowest BCUT2D eigenvalue weighted by atomic mass is 10.1. The zero-order valence-corrected chi connectivity index (χ0v) is 16.3. The quantitative estimate of drug-likeness (QED) is 0.580. The highest BCUT2D eigenvalue weighted by Gasteiger charge is 2.21. The summed E-state index contributed by atoms with van der Waals surface area (Å²) in [5, 5.41) is 11.8. The zero-order valence-electron chi connectivity index (χ0n) is 14.6. The number of nitrogens with one attached hydrogen (secondary N) is 1. The molecule has 0 aliphatic rings. The minimum Gasteiger partial charge on any atom is -0.480 e. The van der Waals surface area contributed by atoms with E-state index in [0.29, 0.717) is 16.8 Å². The van der Waals surface area contributed by atoms with Crippen LogP contribution in [0.15, 0.2) is 22.5 Å². The minimum atomic E-state index is -0.560. The Balaban J connectivity index is 2.03. The molecule has 7 heteroatoms. The van der Waals surface area contributed by atoms with E-state index >= 15 is 0 Å². The summed E-state index contributed by atoms with van der Waals surface area (Å²) in [5.74, 6) is 0.543. The number of carbonyl (C=O) groups excluding carboxylic acids is 1. The lowest BCUT2D eigenvalue weighted by molar-refractivity contribution is -0.122. The van der Waals surface area contributed by atoms with Gasteiger partial charge in [-0.25, -0.2) is 0 Å². The molecule has 0 fully saturated rings. The number of nitrogens with zero attached hydrogens (tertiary/aromatic N) is 2. The van der Waals surface area contributed by atoms with Gasteiger partial charge >= 0.3 is 0 Å². The summed E-state index contributed by atoms with van der Waals surface area (Å²) < 4.78 is 6.77. The van der Waals surface area contributed by atoms with Crippen molar-refractivity contribution in [3.05, 3.63) is 29.3 Å². The van der Waals surface area contributed by atoms with Crippen LogP contribution in [0.25, 0.3) is 0 Å². The Hall–Kier alpha value is -1.60. The fourth-order valence-corrected chi connectivity index (χ4v) is 3.98. The first-order valence-electron chi connectivity index (χ1n) is 7.94. The third-order valence-electron chi connectivity index (χ3n) is 3.25. The number of amides is 1. The zero-order chi connectivity index (χ0) is 17.7. The molecule has 130 valence electrons. The molecule has 2 rings (SSSR count). The van der Waals surface area contributed by atoms with E-state index < -0.39 is 6.10 Å². The Morgan fingerprint density at radius 3 is 2.75 bits per heavy atom. The Morgan fingerprint density at radius 1 is 1.33 bits per heavy atom. The SMILES string of the molecule is CC[C@@H](Oc1cc(C)ccc1C)C(=O)Nc1nnc(SC(C)C)s1. The molecular formula is C17H23N3O2S2. The van der Waals surface area contributed by atoms with Crippen molar-refractivity contribution in [1.29, 1.82) is 0 Å². The maximum Gasteiger partial charge on any atom is 0.267 e. The molecule has 0 saturated heterocycles. The summed E-state index contributed by atoms with van der Waals surface area (Å²) in [6.45, 7) is 10.1. The van der Waals surface area contributed by atoms with Crippen molar-refractivity contribution in [1.82, 2.24) is 10.2 Å². The number of ether oxygens (including phenoxy) is 1. The van der Waals surface area contributed by atoms with Crippen LogP contribution in [0, 0.1) is 13.8 Å². The van der Waals surface area contributed by atoms with E-state index in [1.807, 2.05) is 39.0 Å². The van der Waals surface area contributed by atoms with Crippen LogP contribution in [-0.4, -0.2) is 27.5 Å². The van der Waals surface area contributed by atoms with Gasteiger partial charge in [0.05, 0.1) is 0 Å². The van der Waals surface area contributed by atoms with Crippen LogP contribution >= 0.6 is 23.1 Å². The lowest BCUT2D eigenvalue weighted by Crippen LogP contribution is -2.32. The molecule has 0 unspecified atom stereocenters. The first kappa shape index (κ1) is 18.7. The highest BCUT2D eigenvalue weighted by Crippen LogP contribution is 2.29. The molecule has 1 amide bonds. The number of hydrogen-bond donors (Lipinski definition) is 1. The second-order valence-corrected chi connectivity index (χ2v) is 8.61. The summed E-state index contributed by atoms with van der Waals surface area (Å²) in [7, 11) is 0. The molecule has 0 spiro atoms. The van der Waals surface area contributed by atoms with Crippen molar-refractivity contribution in [2.45, 2.75) is 56.7 Å². The van der Waals surface area contributed by atoms with Gasteiger partial charge in [0.25, 0.3) is 5.91 Å². The van der Waals surface area contributed by atoms with Gasteiger partial charge in [-0.15, -0.1) is 10.2 Å². The predicted molar refractivity (Wildman–Crippen MR) is 100 cm³/mol. The van der Waals surface area contributed by atoms with Crippen molar-refractivity contribution >= 4 is 34.1 Å². The topological polar surface area (TPSA) is 64.1 Å². The number of benzene rings is 1. The number of aryl methyl sites for hydroxylation is 2. The molecule has 0 radical (unpaired) electrons. The fraction of sp³-hybridized carbons (Fsp3) is 0.471. The van der Waals surface area contributed by atoms with E-state index in [2.05, 4.69) is 29.4 Å². The van der Waals surface area contributed by atoms with E-state index in [-0.39, 0.29) is 5.91 Å². The van der Waals surface area contributed by atoms with Crippen LogP contribution in [0.5, 0.6) is 5.75 Å². The molecular weight excluding hydrogens is 342 g/mol. The van der Waals surface area contributed by atoms with Crippen LogP contribution in [0.1, 0.15) is 38.3 Å². The molecule has 1 aromatic carbocycles. The van der Waals surface area contributed by atoms with Crippen molar-refractivity contribution in [3.63, 3.8) is 0 Å². The number of hydrogen-bond acceptors (Lipinski definition) is 6. The largest absolute Gasteiger partial charge is 0.480 e. The average Bonchev–Trinajstić information content (AvgIpc) is 2.94. The van der Waals surface area contributed by atoms with Crippen molar-refractivity contribution in [3.8, 4) is 5.75 Å². The molecule has 0 aliphatic carbocycles. The first-order chi connectivity index (χ1) is 11.4. The smallest absolute Gasteiger partial charge is 0.267 e. The molecule has 0 saturated carbocycles. The normalized spacial score (nSPS) is 12.2. The standard InChI is InChI=1S/C17H23N3O2S2/c1-6-13(22-14-9-11(4)7-8-12(14)5)15(21)18-16-19-20-17(24-16)23-10(2)3/h7-10,13H,6H2,1-5H3,(H,18,19,21)/t13-/m1/s1. The second-order valence-electron chi connectivity index (χ2n) is 5.81. The van der Waals surface area contributed by atoms with Crippen LogP contribution in [-0.2, 0) is 4.79 Å². The second kappa shape index (κ2) is 8.48. The Morgan fingerprint density at radius 2 is 2.08 bits per heavy atom. The molecule has 5 nitrogen and oxygen atoms in total. The number of anilines is 1. The fourth-order valence-electron chi connectivity index (χ4n) is 2.01. The molecule has 1 heterocycles. The summed E-state index contributed by atoms with van der Waals surface area (Å²) in [4.78, 5) is 12.5. The van der Waals surface area contributed by atoms with Gasteiger partial charge in [0.2, 0.25) is 5.13 Å². The Labute approximate surface area is 151 Å². The number of thioether (sulfide) groups is 1. The van der Waals surface area contributed by atoms with Crippen molar-refractivity contribution in [2.75, 3.05) is 5.32 Å². The molecule has 1 aromatic heterocycles. The molecule has 0 bridgehead atoms. The van der Waals surface area contributed by atoms with E-state index in [4.69, 9.17) is 4.74 Å². The molecule has 2 aromatic rings. The average molecular weight is 366 g/mol. The minimum absolute atomic E-state index is 0.198. The Bertz CT molecular complexity index is 701. The van der Waals surface area contributed by atoms with Gasteiger partial charge in [-0.05, 0) is 37.5 Å². The predicted octanol–water partition coefficient (Wildman–Crippen LogP) is 4.45. The third-order valence-corrected chi connectivity index (χ3v) is 5.18. The van der Waals surface area contributed by atoms with E-state index in [1.165, 1.54) is 11.3 Å². The van der Waals surface area contributed by atoms with E-state index in [0.717, 1.165) is 21.2 Å². The Kier molecular flexibility index (Phi) is 6.62. The number of carbonyl (C=O) groups is 1. The highest BCUT2D eigenvalue weighted by molar-refractivity contribution is 8.01. The van der Waals surface area contributed by atoms with Gasteiger partial charge in [0, 0.05) is 5.25 Å². The van der Waals surface area contributed by atoms with Gasteiger partial charge in [0.15, 0.2) is 10.4 Å². The molecule has 1 atom stereocenters. The van der Waals surface area contributed by atoms with Crippen LogP contribution < -0.4 is 10.1 Å². The summed E-state index contributed by atoms with van der Waals surface area (Å²) in [6, 6.07) is 5.97. The maximum absolute atomic E-state index is 12.5. The molecule has 0 aliphatic heterocycles. The van der Waals surface area contributed by atoms with Crippen molar-refractivity contribution in [2.24, 2.45) is 0 Å². The molecule has 24 heavy (non-hydrogen) atoms. The summed E-state index contributed by atoms with van der Waals surface area (Å²) in [6.07, 6.45) is 0.0154. The van der Waals surface area contributed by atoms with Crippen molar-refractivity contribution < 1.29 is 9.53 Å². The van der Waals surface area contributed by atoms with Crippen LogP contribution in [0.4, 0.5) is 5.13 Å². The maximum atomic E-state index is 12.5. The third kappa shape index (κ3) is 5.21. The molecule has 1 N–H and O–H groups in total. The highest BCUT2D eigenvalue weighted by atomic mass is 32.2. The van der Waals surface area contributed by atoms with Gasteiger partial charge in [0.1, 0.15) is 5.75 Å². The van der Waals surface area contributed by atoms with Gasteiger partial charge in [-0.1, -0.05) is 56.0 Å². The summed E-state index contributed by atoms with van der Waals surface area (Å²) in [5.41, 5.74) is 2.11. The van der Waals surface area contributed by atoms with Crippen LogP contribution in [0.3, 0.4) is 0 Å².